The number of hydrogen-bond acceptors (Lipinski definition) is 4. The third-order valence-electron chi connectivity index (χ3n) is 3.06. The summed E-state index contributed by atoms with van der Waals surface area (Å²) < 4.78 is 11.1. The molecule has 0 radical (unpaired) electrons. The van der Waals surface area contributed by atoms with Crippen molar-refractivity contribution in [2.24, 2.45) is 11.8 Å². The van der Waals surface area contributed by atoms with Crippen LogP contribution in [0, 0.1) is 5.92 Å². The summed E-state index contributed by atoms with van der Waals surface area (Å²) in [4.78, 5) is 0. The Morgan fingerprint density at radius 1 is 1.62 bits per heavy atom. The second-order valence-electron chi connectivity index (χ2n) is 4.31. The number of nitrogens with one attached hydrogen (secondary N) is 1. The third-order valence-corrected chi connectivity index (χ3v) is 3.06. The fourth-order valence-electron chi connectivity index (χ4n) is 2.11. The van der Waals surface area contributed by atoms with Crippen molar-refractivity contribution >= 4 is 0 Å². The Bertz CT molecular complexity index is 296. The summed E-state index contributed by atoms with van der Waals surface area (Å²) in [5, 5.41) is 0. The number of hydrazine groups is 1. The van der Waals surface area contributed by atoms with Crippen LogP contribution < -0.4 is 11.3 Å². The van der Waals surface area contributed by atoms with Crippen molar-refractivity contribution in [3.63, 3.8) is 0 Å². The van der Waals surface area contributed by atoms with E-state index in [2.05, 4.69) is 5.43 Å². The summed E-state index contributed by atoms with van der Waals surface area (Å²) in [6.07, 6.45) is 5.18. The normalized spacial score (nSPS) is 19.6. The Morgan fingerprint density at radius 3 is 2.94 bits per heavy atom. The highest BCUT2D eigenvalue weighted by atomic mass is 16.5. The van der Waals surface area contributed by atoms with Crippen molar-refractivity contribution in [3.8, 4) is 0 Å². The monoisotopic (exact) mass is 224 g/mol. The van der Waals surface area contributed by atoms with Gasteiger partial charge in [0, 0.05) is 13.0 Å². The van der Waals surface area contributed by atoms with Crippen molar-refractivity contribution < 1.29 is 9.15 Å². The van der Waals surface area contributed by atoms with Crippen molar-refractivity contribution in [2.75, 3.05) is 6.61 Å². The SMILES string of the molecule is CCOC(C1CC1)C(Cc1ccco1)NN. The Hall–Kier alpha value is -0.840. The summed E-state index contributed by atoms with van der Waals surface area (Å²) in [5.41, 5.74) is 2.86. The third kappa shape index (κ3) is 2.84. The summed E-state index contributed by atoms with van der Waals surface area (Å²) in [6, 6.07) is 4.01. The molecule has 1 aromatic rings. The number of furan rings is 1. The van der Waals surface area contributed by atoms with Crippen LogP contribution in [0.1, 0.15) is 25.5 Å². The lowest BCUT2D eigenvalue weighted by atomic mass is 10.0. The van der Waals surface area contributed by atoms with Gasteiger partial charge in [0.25, 0.3) is 0 Å². The van der Waals surface area contributed by atoms with Crippen LogP contribution >= 0.6 is 0 Å². The highest BCUT2D eigenvalue weighted by Gasteiger charge is 2.37. The van der Waals surface area contributed by atoms with E-state index in [1.54, 1.807) is 6.26 Å². The first-order valence-corrected chi connectivity index (χ1v) is 5.95. The van der Waals surface area contributed by atoms with E-state index < -0.39 is 0 Å². The second kappa shape index (κ2) is 5.48. The zero-order chi connectivity index (χ0) is 11.4. The first-order valence-electron chi connectivity index (χ1n) is 5.95. The predicted molar refractivity (Wildman–Crippen MR) is 61.7 cm³/mol. The molecule has 2 atom stereocenters. The lowest BCUT2D eigenvalue weighted by Gasteiger charge is -2.25. The molecule has 2 rings (SSSR count). The molecule has 1 aliphatic carbocycles. The van der Waals surface area contributed by atoms with Gasteiger partial charge in [-0.15, -0.1) is 0 Å². The van der Waals surface area contributed by atoms with Gasteiger partial charge in [0.2, 0.25) is 0 Å². The molecule has 0 aliphatic heterocycles. The highest BCUT2D eigenvalue weighted by molar-refractivity contribution is 5.03. The fourth-order valence-corrected chi connectivity index (χ4v) is 2.11. The quantitative estimate of drug-likeness (QED) is 0.544. The van der Waals surface area contributed by atoms with E-state index in [4.69, 9.17) is 15.0 Å². The second-order valence-corrected chi connectivity index (χ2v) is 4.31. The number of ether oxygens (including phenoxy) is 1. The first-order chi connectivity index (χ1) is 7.85. The Kier molecular flexibility index (Phi) is 3.98. The molecule has 3 N–H and O–H groups in total. The van der Waals surface area contributed by atoms with Crippen LogP contribution in [0.5, 0.6) is 0 Å². The van der Waals surface area contributed by atoms with Crippen LogP contribution in [0.4, 0.5) is 0 Å². The van der Waals surface area contributed by atoms with Gasteiger partial charge in [0.05, 0.1) is 18.4 Å². The molecule has 0 bridgehead atoms. The zero-order valence-corrected chi connectivity index (χ0v) is 9.69. The first kappa shape index (κ1) is 11.6. The molecule has 90 valence electrons. The van der Waals surface area contributed by atoms with Crippen LogP contribution in [0.2, 0.25) is 0 Å². The van der Waals surface area contributed by atoms with Crippen LogP contribution in [0.3, 0.4) is 0 Å². The van der Waals surface area contributed by atoms with E-state index in [9.17, 15) is 0 Å². The van der Waals surface area contributed by atoms with E-state index in [0.717, 1.165) is 18.8 Å². The van der Waals surface area contributed by atoms with Gasteiger partial charge in [0.1, 0.15) is 5.76 Å². The maximum Gasteiger partial charge on any atom is 0.105 e. The molecule has 1 saturated carbocycles. The largest absolute Gasteiger partial charge is 0.469 e. The van der Waals surface area contributed by atoms with Gasteiger partial charge in [-0.2, -0.15) is 0 Å². The van der Waals surface area contributed by atoms with Crippen LogP contribution in [0.25, 0.3) is 0 Å². The van der Waals surface area contributed by atoms with Gasteiger partial charge in [-0.3, -0.25) is 11.3 Å². The summed E-state index contributed by atoms with van der Waals surface area (Å²) in [7, 11) is 0. The van der Waals surface area contributed by atoms with E-state index in [1.165, 1.54) is 12.8 Å². The Labute approximate surface area is 96.1 Å². The molecule has 0 saturated heterocycles. The van der Waals surface area contributed by atoms with Crippen molar-refractivity contribution in [3.05, 3.63) is 24.2 Å². The maximum atomic E-state index is 5.78. The van der Waals surface area contributed by atoms with E-state index in [0.29, 0.717) is 5.92 Å². The predicted octanol–water partition coefficient (Wildman–Crippen LogP) is 1.47. The molecule has 4 heteroatoms. The minimum absolute atomic E-state index is 0.138. The van der Waals surface area contributed by atoms with Crippen molar-refractivity contribution in [1.82, 2.24) is 5.43 Å². The Balaban J connectivity index is 1.95. The highest BCUT2D eigenvalue weighted by Crippen LogP contribution is 2.36. The topological polar surface area (TPSA) is 60.4 Å². The molecule has 1 fully saturated rings. The molecule has 1 heterocycles. The molecule has 1 aromatic heterocycles. The zero-order valence-electron chi connectivity index (χ0n) is 9.69. The molecule has 0 aromatic carbocycles. The van der Waals surface area contributed by atoms with Crippen LogP contribution in [-0.4, -0.2) is 18.8 Å². The molecule has 1 aliphatic rings. The van der Waals surface area contributed by atoms with E-state index in [-0.39, 0.29) is 12.1 Å². The minimum atomic E-state index is 0.138. The molecule has 2 unspecified atom stereocenters. The van der Waals surface area contributed by atoms with Gasteiger partial charge in [-0.25, -0.2) is 0 Å². The van der Waals surface area contributed by atoms with Crippen LogP contribution in [0.15, 0.2) is 22.8 Å². The molecule has 0 amide bonds. The van der Waals surface area contributed by atoms with E-state index in [1.807, 2.05) is 19.1 Å². The summed E-state index contributed by atoms with van der Waals surface area (Å²) in [5.74, 6) is 7.23. The number of rotatable bonds is 7. The standard InChI is InChI=1S/C12H20N2O2/c1-2-15-12(9-5-6-9)11(14-13)8-10-4-3-7-16-10/h3-4,7,9,11-12,14H,2,5-6,8,13H2,1H3. The molecule has 16 heavy (non-hydrogen) atoms. The van der Waals surface area contributed by atoms with Gasteiger partial charge in [0.15, 0.2) is 0 Å². The molecular weight excluding hydrogens is 204 g/mol. The van der Waals surface area contributed by atoms with Crippen molar-refractivity contribution in [1.29, 1.82) is 0 Å². The van der Waals surface area contributed by atoms with Gasteiger partial charge < -0.3 is 9.15 Å². The Morgan fingerprint density at radius 2 is 2.44 bits per heavy atom. The average Bonchev–Trinajstić information content (AvgIpc) is 3.01. The smallest absolute Gasteiger partial charge is 0.105 e. The maximum absolute atomic E-state index is 5.78. The molecule has 4 nitrogen and oxygen atoms in total. The lowest BCUT2D eigenvalue weighted by Crippen LogP contribution is -2.47. The minimum Gasteiger partial charge on any atom is -0.469 e. The summed E-state index contributed by atoms with van der Waals surface area (Å²) in [6.45, 7) is 2.76. The lowest BCUT2D eigenvalue weighted by molar-refractivity contribution is 0.0180. The fraction of sp³-hybridized carbons (Fsp3) is 0.667. The molecular formula is C12H20N2O2. The average molecular weight is 224 g/mol. The molecule has 0 spiro atoms. The van der Waals surface area contributed by atoms with Gasteiger partial charge in [-0.05, 0) is 37.8 Å². The van der Waals surface area contributed by atoms with Crippen molar-refractivity contribution in [2.45, 2.75) is 38.3 Å². The van der Waals surface area contributed by atoms with Gasteiger partial charge >= 0.3 is 0 Å². The van der Waals surface area contributed by atoms with Gasteiger partial charge in [-0.1, -0.05) is 0 Å². The van der Waals surface area contributed by atoms with E-state index >= 15 is 0 Å². The van der Waals surface area contributed by atoms with Crippen LogP contribution in [-0.2, 0) is 11.2 Å². The number of hydrogen-bond donors (Lipinski definition) is 2. The number of nitrogens with two attached hydrogens (primary N) is 1. The summed E-state index contributed by atoms with van der Waals surface area (Å²) >= 11 is 0.